The summed E-state index contributed by atoms with van der Waals surface area (Å²) in [7, 11) is 0. The van der Waals surface area contributed by atoms with Gasteiger partial charge in [0.05, 0.1) is 12.7 Å². The molecule has 0 spiro atoms. The van der Waals surface area contributed by atoms with Crippen molar-refractivity contribution in [2.75, 3.05) is 13.4 Å². The highest BCUT2D eigenvalue weighted by Gasteiger charge is 2.15. The second-order valence-corrected chi connectivity index (χ2v) is 2.31. The van der Waals surface area contributed by atoms with E-state index in [2.05, 4.69) is 0 Å². The predicted octanol–water partition coefficient (Wildman–Crippen LogP) is 0.642. The molecule has 0 fully saturated rings. The predicted molar refractivity (Wildman–Crippen MR) is 49.0 cm³/mol. The van der Waals surface area contributed by atoms with Gasteiger partial charge in [-0.15, -0.1) is 0 Å². The molecule has 2 unspecified atom stereocenters. The highest BCUT2D eigenvalue weighted by atomic mass is 16.6. The average molecular weight is 190 g/mol. The summed E-state index contributed by atoms with van der Waals surface area (Å²) < 4.78 is 9.73. The summed E-state index contributed by atoms with van der Waals surface area (Å²) in [4.78, 5) is 0. The van der Waals surface area contributed by atoms with Crippen molar-refractivity contribution in [1.82, 2.24) is 0 Å². The van der Waals surface area contributed by atoms with Crippen LogP contribution >= 0.6 is 0 Å². The Kier molecular flexibility index (Phi) is 7.93. The molecular formula is C9H18O4. The molecule has 0 bridgehead atoms. The Labute approximate surface area is 78.8 Å². The van der Waals surface area contributed by atoms with E-state index in [0.29, 0.717) is 6.61 Å². The van der Waals surface area contributed by atoms with E-state index in [1.807, 2.05) is 19.9 Å². The summed E-state index contributed by atoms with van der Waals surface area (Å²) in [6.07, 6.45) is 3.17. The standard InChI is InChI=1S/C7H12O4.C2H6/c8-5-10-4-6-2-1-3-7(9)11-6;1-2/h1,3,6-9H,2,4-5H2;1-2H3. The first-order valence-electron chi connectivity index (χ1n) is 4.51. The summed E-state index contributed by atoms with van der Waals surface area (Å²) in [6.45, 7) is 4.01. The quantitative estimate of drug-likeness (QED) is 0.506. The van der Waals surface area contributed by atoms with E-state index >= 15 is 0 Å². The van der Waals surface area contributed by atoms with Gasteiger partial charge in [0.25, 0.3) is 0 Å². The second kappa shape index (κ2) is 8.19. The molecule has 1 aliphatic heterocycles. The first-order valence-corrected chi connectivity index (χ1v) is 4.51. The highest BCUT2D eigenvalue weighted by molar-refractivity contribution is 4.91. The molecule has 4 heteroatoms. The van der Waals surface area contributed by atoms with Gasteiger partial charge in [-0.25, -0.2) is 0 Å². The van der Waals surface area contributed by atoms with Crippen LogP contribution in [0.5, 0.6) is 0 Å². The van der Waals surface area contributed by atoms with Gasteiger partial charge in [0.2, 0.25) is 0 Å². The Balaban J connectivity index is 0.000000671. The maximum Gasteiger partial charge on any atom is 0.174 e. The van der Waals surface area contributed by atoms with Crippen LogP contribution in [0.1, 0.15) is 20.3 Å². The Bertz CT molecular complexity index is 136. The lowest BCUT2D eigenvalue weighted by molar-refractivity contribution is -0.142. The van der Waals surface area contributed by atoms with E-state index in [1.54, 1.807) is 6.08 Å². The summed E-state index contributed by atoms with van der Waals surface area (Å²) in [5.74, 6) is 0. The van der Waals surface area contributed by atoms with Crippen molar-refractivity contribution in [3.05, 3.63) is 12.2 Å². The lowest BCUT2D eigenvalue weighted by Crippen LogP contribution is -2.27. The van der Waals surface area contributed by atoms with Gasteiger partial charge < -0.3 is 19.7 Å². The van der Waals surface area contributed by atoms with Gasteiger partial charge >= 0.3 is 0 Å². The molecule has 2 N–H and O–H groups in total. The van der Waals surface area contributed by atoms with Crippen molar-refractivity contribution < 1.29 is 19.7 Å². The van der Waals surface area contributed by atoms with Crippen molar-refractivity contribution in [3.63, 3.8) is 0 Å². The fraction of sp³-hybridized carbons (Fsp3) is 0.778. The number of aliphatic hydroxyl groups is 2. The third-order valence-electron chi connectivity index (χ3n) is 1.43. The normalized spacial score (nSPS) is 26.5. The van der Waals surface area contributed by atoms with Crippen molar-refractivity contribution in [1.29, 1.82) is 0 Å². The third-order valence-corrected chi connectivity index (χ3v) is 1.43. The number of hydrogen-bond donors (Lipinski definition) is 2. The number of rotatable bonds is 3. The van der Waals surface area contributed by atoms with Gasteiger partial charge in [0.15, 0.2) is 6.29 Å². The Morgan fingerprint density at radius 3 is 2.77 bits per heavy atom. The largest absolute Gasteiger partial charge is 0.371 e. The second-order valence-electron chi connectivity index (χ2n) is 2.31. The molecule has 1 aliphatic rings. The molecule has 0 saturated carbocycles. The maximum absolute atomic E-state index is 8.95. The Hall–Kier alpha value is -0.420. The molecule has 13 heavy (non-hydrogen) atoms. The van der Waals surface area contributed by atoms with Crippen LogP contribution < -0.4 is 0 Å². The summed E-state index contributed by atoms with van der Waals surface area (Å²) >= 11 is 0. The molecule has 1 heterocycles. The number of ether oxygens (including phenoxy) is 2. The van der Waals surface area contributed by atoms with E-state index in [-0.39, 0.29) is 12.9 Å². The molecule has 0 saturated heterocycles. The zero-order valence-electron chi connectivity index (χ0n) is 8.14. The fourth-order valence-electron chi connectivity index (χ4n) is 0.936. The summed E-state index contributed by atoms with van der Waals surface area (Å²) in [5.41, 5.74) is 0. The SMILES string of the molecule is CC.OCOCC1CC=CC(O)O1. The van der Waals surface area contributed by atoms with Gasteiger partial charge in [-0.05, 0) is 12.5 Å². The fourth-order valence-corrected chi connectivity index (χ4v) is 0.936. The molecule has 0 radical (unpaired) electrons. The molecule has 1 rings (SSSR count). The van der Waals surface area contributed by atoms with Crippen LogP contribution in [-0.2, 0) is 9.47 Å². The van der Waals surface area contributed by atoms with Crippen LogP contribution in [0.4, 0.5) is 0 Å². The topological polar surface area (TPSA) is 58.9 Å². The van der Waals surface area contributed by atoms with Gasteiger partial charge in [0, 0.05) is 0 Å². The van der Waals surface area contributed by atoms with E-state index in [9.17, 15) is 0 Å². The van der Waals surface area contributed by atoms with Crippen molar-refractivity contribution in [3.8, 4) is 0 Å². The molecule has 78 valence electrons. The third kappa shape index (κ3) is 5.76. The van der Waals surface area contributed by atoms with Crippen LogP contribution in [0.3, 0.4) is 0 Å². The molecule has 0 amide bonds. The summed E-state index contributed by atoms with van der Waals surface area (Å²) in [5, 5.41) is 17.3. The molecular weight excluding hydrogens is 172 g/mol. The van der Waals surface area contributed by atoms with Crippen molar-refractivity contribution in [2.24, 2.45) is 0 Å². The zero-order valence-corrected chi connectivity index (χ0v) is 8.14. The Morgan fingerprint density at radius 1 is 1.54 bits per heavy atom. The van der Waals surface area contributed by atoms with E-state index in [1.165, 1.54) is 0 Å². The molecule has 2 atom stereocenters. The lowest BCUT2D eigenvalue weighted by Gasteiger charge is -2.21. The van der Waals surface area contributed by atoms with Crippen LogP contribution in [0.15, 0.2) is 12.2 Å². The molecule has 0 aromatic rings. The minimum atomic E-state index is -0.823. The van der Waals surface area contributed by atoms with Crippen molar-refractivity contribution in [2.45, 2.75) is 32.7 Å². The molecule has 0 aliphatic carbocycles. The smallest absolute Gasteiger partial charge is 0.174 e. The molecule has 4 nitrogen and oxygen atoms in total. The monoisotopic (exact) mass is 190 g/mol. The maximum atomic E-state index is 8.95. The Morgan fingerprint density at radius 2 is 2.23 bits per heavy atom. The van der Waals surface area contributed by atoms with Gasteiger partial charge in [-0.3, -0.25) is 0 Å². The lowest BCUT2D eigenvalue weighted by atomic mass is 10.2. The molecule has 0 aromatic carbocycles. The highest BCUT2D eigenvalue weighted by Crippen LogP contribution is 2.10. The first-order chi connectivity index (χ1) is 6.33. The van der Waals surface area contributed by atoms with Gasteiger partial charge in [0.1, 0.15) is 6.79 Å². The van der Waals surface area contributed by atoms with Crippen LogP contribution in [-0.4, -0.2) is 36.0 Å². The van der Waals surface area contributed by atoms with E-state index < -0.39 is 6.29 Å². The zero-order chi connectivity index (χ0) is 10.1. The van der Waals surface area contributed by atoms with Crippen molar-refractivity contribution >= 4 is 0 Å². The van der Waals surface area contributed by atoms with Crippen LogP contribution in [0.25, 0.3) is 0 Å². The number of hydrogen-bond acceptors (Lipinski definition) is 4. The van der Waals surface area contributed by atoms with Crippen LogP contribution in [0.2, 0.25) is 0 Å². The van der Waals surface area contributed by atoms with E-state index in [4.69, 9.17) is 19.7 Å². The molecule has 0 aromatic heterocycles. The van der Waals surface area contributed by atoms with Crippen LogP contribution in [0, 0.1) is 0 Å². The van der Waals surface area contributed by atoms with Gasteiger partial charge in [-0.1, -0.05) is 19.9 Å². The number of aliphatic hydroxyl groups excluding tert-OH is 2. The minimum absolute atomic E-state index is 0.137. The minimum Gasteiger partial charge on any atom is -0.371 e. The summed E-state index contributed by atoms with van der Waals surface area (Å²) in [6, 6.07) is 0. The van der Waals surface area contributed by atoms with E-state index in [0.717, 1.165) is 6.42 Å². The average Bonchev–Trinajstić information content (AvgIpc) is 2.18. The van der Waals surface area contributed by atoms with Gasteiger partial charge in [-0.2, -0.15) is 0 Å². The first kappa shape index (κ1) is 12.6.